The molecular formula is C13H11ClN4. The van der Waals surface area contributed by atoms with Crippen LogP contribution in [0.25, 0.3) is 11.3 Å². The Morgan fingerprint density at radius 2 is 1.94 bits per heavy atom. The Labute approximate surface area is 110 Å². The third-order valence-corrected chi connectivity index (χ3v) is 2.82. The molecule has 0 aliphatic rings. The predicted octanol–water partition coefficient (Wildman–Crippen LogP) is 2.84. The van der Waals surface area contributed by atoms with Gasteiger partial charge in [0.05, 0.1) is 11.8 Å². The molecule has 2 N–H and O–H groups in total. The lowest BCUT2D eigenvalue weighted by Crippen LogP contribution is -2.02. The van der Waals surface area contributed by atoms with Gasteiger partial charge in [0.15, 0.2) is 0 Å². The fourth-order valence-electron chi connectivity index (χ4n) is 1.71. The van der Waals surface area contributed by atoms with E-state index in [-0.39, 0.29) is 5.95 Å². The first-order chi connectivity index (χ1) is 8.72. The Balaban J connectivity index is 2.54. The normalized spacial score (nSPS) is 10.0. The molecule has 0 aliphatic heterocycles. The second kappa shape index (κ2) is 5.48. The van der Waals surface area contributed by atoms with E-state index < -0.39 is 0 Å². The maximum Gasteiger partial charge on any atom is 0.222 e. The molecule has 0 saturated carbocycles. The monoisotopic (exact) mass is 258 g/mol. The van der Waals surface area contributed by atoms with Crippen LogP contribution in [0.1, 0.15) is 12.0 Å². The summed E-state index contributed by atoms with van der Waals surface area (Å²) in [5.41, 5.74) is 8.00. The molecule has 0 bridgehead atoms. The Kier molecular flexibility index (Phi) is 3.75. The summed E-state index contributed by atoms with van der Waals surface area (Å²) in [4.78, 5) is 8.17. The summed E-state index contributed by atoms with van der Waals surface area (Å²) in [6, 6.07) is 11.7. The summed E-state index contributed by atoms with van der Waals surface area (Å²) in [7, 11) is 0. The highest BCUT2D eigenvalue weighted by molar-refractivity contribution is 6.30. The van der Waals surface area contributed by atoms with Crippen LogP contribution in [0.2, 0.25) is 5.15 Å². The quantitative estimate of drug-likeness (QED) is 0.859. The topological polar surface area (TPSA) is 75.6 Å². The highest BCUT2D eigenvalue weighted by Crippen LogP contribution is 2.27. The van der Waals surface area contributed by atoms with E-state index >= 15 is 0 Å². The Hall–Kier alpha value is -2.12. The van der Waals surface area contributed by atoms with Crippen molar-refractivity contribution in [3.63, 3.8) is 0 Å². The van der Waals surface area contributed by atoms with E-state index in [9.17, 15) is 0 Å². The average Bonchev–Trinajstić information content (AvgIpc) is 2.38. The van der Waals surface area contributed by atoms with Crippen molar-refractivity contribution in [1.29, 1.82) is 5.26 Å². The number of hydrogen-bond acceptors (Lipinski definition) is 4. The highest BCUT2D eigenvalue weighted by Gasteiger charge is 2.13. The Morgan fingerprint density at radius 3 is 2.61 bits per heavy atom. The molecule has 0 amide bonds. The van der Waals surface area contributed by atoms with E-state index in [4.69, 9.17) is 22.6 Å². The van der Waals surface area contributed by atoms with Gasteiger partial charge in [0.1, 0.15) is 5.15 Å². The van der Waals surface area contributed by atoms with E-state index in [0.717, 1.165) is 11.1 Å². The lowest BCUT2D eigenvalue weighted by Gasteiger charge is -2.09. The summed E-state index contributed by atoms with van der Waals surface area (Å²) in [6.07, 6.45) is 0.882. The van der Waals surface area contributed by atoms with Gasteiger partial charge in [-0.05, 0) is 6.42 Å². The first-order valence-electron chi connectivity index (χ1n) is 5.46. The van der Waals surface area contributed by atoms with Crippen LogP contribution in [0.15, 0.2) is 30.3 Å². The molecule has 0 unspecified atom stereocenters. The van der Waals surface area contributed by atoms with Gasteiger partial charge in [-0.25, -0.2) is 9.97 Å². The first kappa shape index (κ1) is 12.3. The van der Waals surface area contributed by atoms with Crippen molar-refractivity contribution < 1.29 is 0 Å². The summed E-state index contributed by atoms with van der Waals surface area (Å²) in [6.45, 7) is 0. The van der Waals surface area contributed by atoms with Crippen LogP contribution in [0.3, 0.4) is 0 Å². The maximum atomic E-state index is 8.68. The minimum atomic E-state index is 0.138. The Bertz CT molecular complexity index is 590. The Morgan fingerprint density at radius 1 is 1.22 bits per heavy atom. The predicted molar refractivity (Wildman–Crippen MR) is 70.8 cm³/mol. The van der Waals surface area contributed by atoms with Gasteiger partial charge < -0.3 is 5.73 Å². The average molecular weight is 259 g/mol. The van der Waals surface area contributed by atoms with Gasteiger partial charge in [-0.3, -0.25) is 0 Å². The van der Waals surface area contributed by atoms with Crippen molar-refractivity contribution in [3.05, 3.63) is 41.0 Å². The number of aromatic nitrogens is 2. The molecule has 18 heavy (non-hydrogen) atoms. The van der Waals surface area contributed by atoms with Crippen molar-refractivity contribution >= 4 is 17.5 Å². The van der Waals surface area contributed by atoms with Gasteiger partial charge in [-0.1, -0.05) is 41.9 Å². The number of nitrogen functional groups attached to an aromatic ring is 1. The van der Waals surface area contributed by atoms with Crippen molar-refractivity contribution in [3.8, 4) is 17.3 Å². The number of benzene rings is 1. The zero-order valence-corrected chi connectivity index (χ0v) is 10.4. The van der Waals surface area contributed by atoms with Gasteiger partial charge in [-0.2, -0.15) is 5.26 Å². The van der Waals surface area contributed by atoms with Crippen LogP contribution in [-0.2, 0) is 6.42 Å². The number of anilines is 1. The molecule has 0 atom stereocenters. The summed E-state index contributed by atoms with van der Waals surface area (Å²) in [5, 5.41) is 8.99. The molecule has 1 aromatic heterocycles. The number of halogens is 1. The second-order valence-electron chi connectivity index (χ2n) is 3.72. The molecular weight excluding hydrogens is 248 g/mol. The SMILES string of the molecule is N#CCCc1c(Cl)nc(N)nc1-c1ccccc1. The van der Waals surface area contributed by atoms with Crippen LogP contribution >= 0.6 is 11.6 Å². The molecule has 2 aromatic rings. The summed E-state index contributed by atoms with van der Waals surface area (Å²) < 4.78 is 0. The number of nitrogens with two attached hydrogens (primary N) is 1. The molecule has 0 fully saturated rings. The third-order valence-electron chi connectivity index (χ3n) is 2.51. The summed E-state index contributed by atoms with van der Waals surface area (Å²) in [5.74, 6) is 0.138. The fourth-order valence-corrected chi connectivity index (χ4v) is 1.98. The van der Waals surface area contributed by atoms with Crippen molar-refractivity contribution in [1.82, 2.24) is 9.97 Å². The second-order valence-corrected chi connectivity index (χ2v) is 4.08. The minimum absolute atomic E-state index is 0.138. The number of hydrogen-bond donors (Lipinski definition) is 1. The molecule has 2 rings (SSSR count). The number of rotatable bonds is 3. The van der Waals surface area contributed by atoms with E-state index in [1.54, 1.807) is 0 Å². The van der Waals surface area contributed by atoms with Gasteiger partial charge in [0, 0.05) is 17.5 Å². The molecule has 0 saturated heterocycles. The zero-order valence-electron chi connectivity index (χ0n) is 9.60. The smallest absolute Gasteiger partial charge is 0.222 e. The maximum absolute atomic E-state index is 8.68. The molecule has 1 aromatic carbocycles. The van der Waals surface area contributed by atoms with Crippen LogP contribution in [0.4, 0.5) is 5.95 Å². The molecule has 4 nitrogen and oxygen atoms in total. The van der Waals surface area contributed by atoms with Gasteiger partial charge >= 0.3 is 0 Å². The standard InChI is InChI=1S/C13H11ClN4/c14-12-10(7-4-8-15)11(17-13(16)18-12)9-5-2-1-3-6-9/h1-3,5-6H,4,7H2,(H2,16,17,18). The minimum Gasteiger partial charge on any atom is -0.368 e. The van der Waals surface area contributed by atoms with Crippen LogP contribution in [0, 0.1) is 11.3 Å². The van der Waals surface area contributed by atoms with Gasteiger partial charge in [-0.15, -0.1) is 0 Å². The van der Waals surface area contributed by atoms with Crippen molar-refractivity contribution in [2.45, 2.75) is 12.8 Å². The van der Waals surface area contributed by atoms with Crippen LogP contribution < -0.4 is 5.73 Å². The van der Waals surface area contributed by atoms with E-state index in [0.29, 0.717) is 23.7 Å². The molecule has 1 heterocycles. The zero-order chi connectivity index (χ0) is 13.0. The lowest BCUT2D eigenvalue weighted by molar-refractivity contribution is 0.980. The van der Waals surface area contributed by atoms with Crippen LogP contribution in [0.5, 0.6) is 0 Å². The number of nitrogens with zero attached hydrogens (tertiary/aromatic N) is 3. The third kappa shape index (κ3) is 2.58. The van der Waals surface area contributed by atoms with Gasteiger partial charge in [0.25, 0.3) is 0 Å². The van der Waals surface area contributed by atoms with E-state index in [1.807, 2.05) is 30.3 Å². The molecule has 0 radical (unpaired) electrons. The van der Waals surface area contributed by atoms with E-state index in [1.165, 1.54) is 0 Å². The molecule has 0 spiro atoms. The highest BCUT2D eigenvalue weighted by atomic mass is 35.5. The summed E-state index contributed by atoms with van der Waals surface area (Å²) >= 11 is 6.08. The molecule has 5 heteroatoms. The lowest BCUT2D eigenvalue weighted by atomic mass is 10.0. The number of nitriles is 1. The van der Waals surface area contributed by atoms with E-state index in [2.05, 4.69) is 16.0 Å². The largest absolute Gasteiger partial charge is 0.368 e. The first-order valence-corrected chi connectivity index (χ1v) is 5.84. The van der Waals surface area contributed by atoms with Crippen LogP contribution in [-0.4, -0.2) is 9.97 Å². The van der Waals surface area contributed by atoms with Crippen molar-refractivity contribution in [2.75, 3.05) is 5.73 Å². The van der Waals surface area contributed by atoms with Crippen molar-refractivity contribution in [2.24, 2.45) is 0 Å². The van der Waals surface area contributed by atoms with Gasteiger partial charge in [0.2, 0.25) is 5.95 Å². The fraction of sp³-hybridized carbons (Fsp3) is 0.154. The molecule has 90 valence electrons. The molecule has 0 aliphatic carbocycles.